The fourth-order valence-corrected chi connectivity index (χ4v) is 2.69. The van der Waals surface area contributed by atoms with E-state index in [0.29, 0.717) is 17.1 Å². The molecule has 0 N–H and O–H groups in total. The fourth-order valence-electron chi connectivity index (χ4n) is 2.33. The van der Waals surface area contributed by atoms with E-state index < -0.39 is 5.97 Å². The van der Waals surface area contributed by atoms with E-state index in [1.54, 1.807) is 12.1 Å². The molecule has 3 nitrogen and oxygen atoms in total. The molecule has 0 aliphatic rings. The Morgan fingerprint density at radius 2 is 1.54 bits per heavy atom. The number of carbonyl (C=O) groups is 1. The minimum atomic E-state index is -0.438. The maximum absolute atomic E-state index is 11.9. The lowest BCUT2D eigenvalue weighted by Gasteiger charge is -2.11. The third-order valence-electron chi connectivity index (χ3n) is 3.54. The SMILES string of the molecule is COC(=O)c1cc(Br)ccc1Oc1ccc(-c2ccccc2)cc1. The summed E-state index contributed by atoms with van der Waals surface area (Å²) >= 11 is 3.35. The zero-order valence-electron chi connectivity index (χ0n) is 13.0. The van der Waals surface area contributed by atoms with Crippen LogP contribution in [0.15, 0.2) is 77.3 Å². The average molecular weight is 383 g/mol. The third-order valence-corrected chi connectivity index (χ3v) is 4.03. The number of carbonyl (C=O) groups excluding carboxylic acids is 1. The van der Waals surface area contributed by atoms with Crippen LogP contribution in [-0.4, -0.2) is 13.1 Å². The van der Waals surface area contributed by atoms with E-state index in [9.17, 15) is 4.79 Å². The lowest BCUT2D eigenvalue weighted by atomic mass is 10.1. The van der Waals surface area contributed by atoms with Crippen LogP contribution in [0.25, 0.3) is 11.1 Å². The number of benzene rings is 3. The molecule has 0 heterocycles. The molecule has 0 spiro atoms. The molecule has 0 fully saturated rings. The average Bonchev–Trinajstić information content (AvgIpc) is 2.64. The van der Waals surface area contributed by atoms with Crippen molar-refractivity contribution < 1.29 is 14.3 Å². The van der Waals surface area contributed by atoms with Gasteiger partial charge in [0.15, 0.2) is 0 Å². The van der Waals surface area contributed by atoms with Gasteiger partial charge < -0.3 is 9.47 Å². The van der Waals surface area contributed by atoms with Crippen molar-refractivity contribution in [1.82, 2.24) is 0 Å². The second-order valence-electron chi connectivity index (χ2n) is 5.12. The molecule has 0 radical (unpaired) electrons. The molecule has 0 saturated carbocycles. The first-order valence-corrected chi connectivity index (χ1v) is 8.18. The van der Waals surface area contributed by atoms with Crippen molar-refractivity contribution in [3.8, 4) is 22.6 Å². The summed E-state index contributed by atoms with van der Waals surface area (Å²) < 4.78 is 11.5. The third kappa shape index (κ3) is 3.66. The Bertz CT molecular complexity index is 843. The van der Waals surface area contributed by atoms with Crippen LogP contribution in [0.3, 0.4) is 0 Å². The maximum Gasteiger partial charge on any atom is 0.341 e. The van der Waals surface area contributed by atoms with Gasteiger partial charge in [0, 0.05) is 4.47 Å². The minimum absolute atomic E-state index is 0.374. The number of hydrogen-bond donors (Lipinski definition) is 0. The largest absolute Gasteiger partial charge is 0.465 e. The second kappa shape index (κ2) is 7.32. The van der Waals surface area contributed by atoms with E-state index in [2.05, 4.69) is 28.1 Å². The number of methoxy groups -OCH3 is 1. The number of hydrogen-bond acceptors (Lipinski definition) is 3. The lowest BCUT2D eigenvalue weighted by molar-refractivity contribution is 0.0598. The van der Waals surface area contributed by atoms with Crippen molar-refractivity contribution in [2.45, 2.75) is 0 Å². The molecule has 0 atom stereocenters. The first kappa shape index (κ1) is 16.3. The quantitative estimate of drug-likeness (QED) is 0.543. The van der Waals surface area contributed by atoms with E-state index in [0.717, 1.165) is 15.6 Å². The lowest BCUT2D eigenvalue weighted by Crippen LogP contribution is -2.03. The van der Waals surface area contributed by atoms with Crippen LogP contribution < -0.4 is 4.74 Å². The molecule has 0 unspecified atom stereocenters. The highest BCUT2D eigenvalue weighted by Gasteiger charge is 2.14. The molecule has 0 saturated heterocycles. The molecule has 0 bridgehead atoms. The molecule has 3 aromatic carbocycles. The van der Waals surface area contributed by atoms with Gasteiger partial charge in [-0.25, -0.2) is 4.79 Å². The van der Waals surface area contributed by atoms with Gasteiger partial charge in [0.05, 0.1) is 7.11 Å². The number of halogens is 1. The highest BCUT2D eigenvalue weighted by molar-refractivity contribution is 9.10. The van der Waals surface area contributed by atoms with Gasteiger partial charge in [0.25, 0.3) is 0 Å². The van der Waals surface area contributed by atoms with Crippen molar-refractivity contribution in [2.24, 2.45) is 0 Å². The molecular weight excluding hydrogens is 368 g/mol. The summed E-state index contributed by atoms with van der Waals surface area (Å²) in [5.74, 6) is 0.673. The van der Waals surface area contributed by atoms with Gasteiger partial charge in [-0.1, -0.05) is 58.4 Å². The monoisotopic (exact) mass is 382 g/mol. The standard InChI is InChI=1S/C20H15BrO3/c1-23-20(22)18-13-16(21)9-12-19(18)24-17-10-7-15(8-11-17)14-5-3-2-4-6-14/h2-13H,1H3. The Morgan fingerprint density at radius 1 is 0.875 bits per heavy atom. The molecule has 3 aromatic rings. The Labute approximate surface area is 149 Å². The minimum Gasteiger partial charge on any atom is -0.465 e. The van der Waals surface area contributed by atoms with Crippen LogP contribution >= 0.6 is 15.9 Å². The summed E-state index contributed by atoms with van der Waals surface area (Å²) in [5.41, 5.74) is 2.62. The molecule has 120 valence electrons. The Morgan fingerprint density at radius 3 is 2.21 bits per heavy atom. The van der Waals surface area contributed by atoms with E-state index in [-0.39, 0.29) is 0 Å². The summed E-state index contributed by atoms with van der Waals surface area (Å²) in [4.78, 5) is 11.9. The molecule has 0 amide bonds. The van der Waals surface area contributed by atoms with Crippen molar-refractivity contribution in [1.29, 1.82) is 0 Å². The first-order valence-electron chi connectivity index (χ1n) is 7.38. The van der Waals surface area contributed by atoms with Gasteiger partial charge in [-0.05, 0) is 41.5 Å². The van der Waals surface area contributed by atoms with E-state index in [1.165, 1.54) is 7.11 Å². The second-order valence-corrected chi connectivity index (χ2v) is 6.04. The summed E-state index contributed by atoms with van der Waals surface area (Å²) in [6, 6.07) is 23.1. The van der Waals surface area contributed by atoms with Crippen molar-refractivity contribution >= 4 is 21.9 Å². The predicted octanol–water partition coefficient (Wildman–Crippen LogP) is 5.70. The van der Waals surface area contributed by atoms with Crippen LogP contribution in [0.1, 0.15) is 10.4 Å². The van der Waals surface area contributed by atoms with E-state index >= 15 is 0 Å². The normalized spacial score (nSPS) is 10.2. The predicted molar refractivity (Wildman–Crippen MR) is 97.4 cm³/mol. The van der Waals surface area contributed by atoms with Crippen LogP contribution in [0.4, 0.5) is 0 Å². The molecule has 24 heavy (non-hydrogen) atoms. The highest BCUT2D eigenvalue weighted by Crippen LogP contribution is 2.30. The molecule has 0 aromatic heterocycles. The van der Waals surface area contributed by atoms with Crippen LogP contribution in [0, 0.1) is 0 Å². The van der Waals surface area contributed by atoms with Gasteiger partial charge in [0.2, 0.25) is 0 Å². The van der Waals surface area contributed by atoms with Gasteiger partial charge in [-0.2, -0.15) is 0 Å². The van der Waals surface area contributed by atoms with E-state index in [1.807, 2.05) is 48.5 Å². The molecular formula is C20H15BrO3. The number of esters is 1. The molecule has 4 heteroatoms. The fraction of sp³-hybridized carbons (Fsp3) is 0.0500. The van der Waals surface area contributed by atoms with Crippen molar-refractivity contribution in [3.05, 3.63) is 82.8 Å². The summed E-state index contributed by atoms with van der Waals surface area (Å²) in [6.07, 6.45) is 0. The van der Waals surface area contributed by atoms with Gasteiger partial charge in [-0.3, -0.25) is 0 Å². The van der Waals surface area contributed by atoms with Crippen LogP contribution in [0.5, 0.6) is 11.5 Å². The first-order chi connectivity index (χ1) is 11.7. The van der Waals surface area contributed by atoms with Gasteiger partial charge in [0.1, 0.15) is 17.1 Å². The highest BCUT2D eigenvalue weighted by atomic mass is 79.9. The number of rotatable bonds is 4. The van der Waals surface area contributed by atoms with Crippen LogP contribution in [0.2, 0.25) is 0 Å². The number of ether oxygens (including phenoxy) is 2. The van der Waals surface area contributed by atoms with Gasteiger partial charge >= 0.3 is 5.97 Å². The van der Waals surface area contributed by atoms with Gasteiger partial charge in [-0.15, -0.1) is 0 Å². The maximum atomic E-state index is 11.9. The molecule has 3 rings (SSSR count). The smallest absolute Gasteiger partial charge is 0.341 e. The summed E-state index contributed by atoms with van der Waals surface area (Å²) in [7, 11) is 1.35. The summed E-state index contributed by atoms with van der Waals surface area (Å²) in [5, 5.41) is 0. The Hall–Kier alpha value is -2.59. The zero-order valence-corrected chi connectivity index (χ0v) is 14.6. The Kier molecular flexibility index (Phi) is 4.96. The topological polar surface area (TPSA) is 35.5 Å². The zero-order chi connectivity index (χ0) is 16.9. The van der Waals surface area contributed by atoms with Crippen molar-refractivity contribution in [3.63, 3.8) is 0 Å². The molecule has 0 aliphatic carbocycles. The van der Waals surface area contributed by atoms with Crippen molar-refractivity contribution in [2.75, 3.05) is 7.11 Å². The van der Waals surface area contributed by atoms with E-state index in [4.69, 9.17) is 9.47 Å². The Balaban J connectivity index is 1.86. The molecule has 0 aliphatic heterocycles. The summed E-state index contributed by atoms with van der Waals surface area (Å²) in [6.45, 7) is 0. The van der Waals surface area contributed by atoms with Crippen LogP contribution in [-0.2, 0) is 4.74 Å².